The topological polar surface area (TPSA) is 38.3 Å². The van der Waals surface area contributed by atoms with E-state index in [0.717, 1.165) is 18.5 Å². The third-order valence-corrected chi connectivity index (χ3v) is 2.88. The van der Waals surface area contributed by atoms with Crippen LogP contribution in [0, 0.1) is 5.92 Å². The number of rotatable bonds is 2. The average molecular weight is 205 g/mol. The van der Waals surface area contributed by atoms with Gasteiger partial charge in [-0.05, 0) is 18.5 Å². The van der Waals surface area contributed by atoms with Crippen LogP contribution >= 0.6 is 0 Å². The second kappa shape index (κ2) is 4.45. The van der Waals surface area contributed by atoms with Crippen LogP contribution in [-0.4, -0.2) is 19.6 Å². The predicted molar refractivity (Wildman–Crippen MR) is 57.3 cm³/mol. The molecule has 1 aromatic rings. The van der Waals surface area contributed by atoms with E-state index in [2.05, 4.69) is 5.32 Å². The van der Waals surface area contributed by atoms with Crippen molar-refractivity contribution in [1.29, 1.82) is 0 Å². The molecular weight excluding hydrogens is 190 g/mol. The second-order valence-corrected chi connectivity index (χ2v) is 3.76. The molecule has 1 aromatic carbocycles. The number of hydrogen-bond acceptors (Lipinski definition) is 3. The molecule has 2 rings (SSSR count). The van der Waals surface area contributed by atoms with Gasteiger partial charge < -0.3 is 10.1 Å². The van der Waals surface area contributed by atoms with Gasteiger partial charge in [0, 0.05) is 6.04 Å². The van der Waals surface area contributed by atoms with Crippen molar-refractivity contribution in [3.63, 3.8) is 0 Å². The van der Waals surface area contributed by atoms with Gasteiger partial charge in [0.2, 0.25) is 0 Å². The maximum Gasteiger partial charge on any atom is 0.310 e. The molecule has 0 radical (unpaired) electrons. The van der Waals surface area contributed by atoms with E-state index in [9.17, 15) is 4.79 Å². The summed E-state index contributed by atoms with van der Waals surface area (Å²) in [6, 6.07) is 10.1. The van der Waals surface area contributed by atoms with Gasteiger partial charge in [-0.25, -0.2) is 0 Å². The van der Waals surface area contributed by atoms with Gasteiger partial charge in [-0.3, -0.25) is 4.79 Å². The van der Waals surface area contributed by atoms with Gasteiger partial charge in [0.1, 0.15) is 0 Å². The van der Waals surface area contributed by atoms with Crippen LogP contribution in [0.1, 0.15) is 18.0 Å². The average Bonchev–Trinajstić information content (AvgIpc) is 2.78. The molecule has 0 unspecified atom stereocenters. The van der Waals surface area contributed by atoms with E-state index >= 15 is 0 Å². The first-order chi connectivity index (χ1) is 7.33. The molecule has 0 bridgehead atoms. The third-order valence-electron chi connectivity index (χ3n) is 2.88. The van der Waals surface area contributed by atoms with Crippen LogP contribution in [0.3, 0.4) is 0 Å². The normalized spacial score (nSPS) is 25.1. The number of methoxy groups -OCH3 is 1. The molecule has 0 spiro atoms. The van der Waals surface area contributed by atoms with E-state index in [1.54, 1.807) is 0 Å². The zero-order valence-electron chi connectivity index (χ0n) is 8.77. The molecule has 1 heterocycles. The molecule has 0 aliphatic carbocycles. The smallest absolute Gasteiger partial charge is 0.310 e. The van der Waals surface area contributed by atoms with Gasteiger partial charge >= 0.3 is 5.97 Å². The number of esters is 1. The Bertz CT molecular complexity index is 337. The summed E-state index contributed by atoms with van der Waals surface area (Å²) >= 11 is 0. The van der Waals surface area contributed by atoms with Gasteiger partial charge in [-0.15, -0.1) is 0 Å². The Balaban J connectivity index is 2.18. The molecule has 0 amide bonds. The Morgan fingerprint density at radius 2 is 2.13 bits per heavy atom. The van der Waals surface area contributed by atoms with Gasteiger partial charge in [0.05, 0.1) is 13.0 Å². The number of ether oxygens (including phenoxy) is 1. The summed E-state index contributed by atoms with van der Waals surface area (Å²) in [5.74, 6) is -0.161. The van der Waals surface area contributed by atoms with E-state index in [-0.39, 0.29) is 17.9 Å². The van der Waals surface area contributed by atoms with Crippen molar-refractivity contribution in [3.8, 4) is 0 Å². The summed E-state index contributed by atoms with van der Waals surface area (Å²) in [7, 11) is 1.45. The molecule has 2 atom stereocenters. The number of benzene rings is 1. The minimum atomic E-state index is -0.117. The van der Waals surface area contributed by atoms with Crippen LogP contribution in [0.5, 0.6) is 0 Å². The predicted octanol–water partition coefficient (Wildman–Crippen LogP) is 1.51. The summed E-state index contributed by atoms with van der Waals surface area (Å²) in [4.78, 5) is 11.5. The Kier molecular flexibility index (Phi) is 3.02. The lowest BCUT2D eigenvalue weighted by Gasteiger charge is -2.17. The first-order valence-electron chi connectivity index (χ1n) is 5.19. The van der Waals surface area contributed by atoms with Crippen molar-refractivity contribution in [2.24, 2.45) is 5.92 Å². The SMILES string of the molecule is COC(=O)[C@H]1CCN[C@@H]1c1ccccc1. The van der Waals surface area contributed by atoms with E-state index in [0.29, 0.717) is 0 Å². The maximum atomic E-state index is 11.5. The van der Waals surface area contributed by atoms with Gasteiger partial charge in [0.25, 0.3) is 0 Å². The molecule has 15 heavy (non-hydrogen) atoms. The highest BCUT2D eigenvalue weighted by Crippen LogP contribution is 2.30. The van der Waals surface area contributed by atoms with Gasteiger partial charge in [-0.1, -0.05) is 30.3 Å². The van der Waals surface area contributed by atoms with E-state index in [1.165, 1.54) is 7.11 Å². The lowest BCUT2D eigenvalue weighted by Crippen LogP contribution is -2.24. The van der Waals surface area contributed by atoms with Crippen LogP contribution in [0.25, 0.3) is 0 Å². The first-order valence-corrected chi connectivity index (χ1v) is 5.19. The monoisotopic (exact) mass is 205 g/mol. The highest BCUT2D eigenvalue weighted by Gasteiger charge is 2.34. The van der Waals surface area contributed by atoms with Gasteiger partial charge in [-0.2, -0.15) is 0 Å². The van der Waals surface area contributed by atoms with Crippen molar-refractivity contribution >= 4 is 5.97 Å². The van der Waals surface area contributed by atoms with E-state index < -0.39 is 0 Å². The van der Waals surface area contributed by atoms with Gasteiger partial charge in [0.15, 0.2) is 0 Å². The highest BCUT2D eigenvalue weighted by molar-refractivity contribution is 5.74. The largest absolute Gasteiger partial charge is 0.469 e. The van der Waals surface area contributed by atoms with Crippen LogP contribution in [-0.2, 0) is 9.53 Å². The van der Waals surface area contributed by atoms with Crippen LogP contribution in [0.15, 0.2) is 30.3 Å². The molecule has 0 saturated carbocycles. The summed E-state index contributed by atoms with van der Waals surface area (Å²) in [6.45, 7) is 0.874. The molecule has 1 saturated heterocycles. The molecule has 1 N–H and O–H groups in total. The fourth-order valence-electron chi connectivity index (χ4n) is 2.12. The fourth-order valence-corrected chi connectivity index (χ4v) is 2.12. The van der Waals surface area contributed by atoms with Crippen molar-refractivity contribution in [2.45, 2.75) is 12.5 Å². The van der Waals surface area contributed by atoms with Crippen LogP contribution in [0.4, 0.5) is 0 Å². The van der Waals surface area contributed by atoms with Crippen LogP contribution < -0.4 is 5.32 Å². The molecule has 0 aromatic heterocycles. The summed E-state index contributed by atoms with van der Waals surface area (Å²) in [5.41, 5.74) is 1.16. The Morgan fingerprint density at radius 1 is 1.40 bits per heavy atom. The summed E-state index contributed by atoms with van der Waals surface area (Å²) < 4.78 is 4.81. The van der Waals surface area contributed by atoms with Crippen molar-refractivity contribution in [2.75, 3.05) is 13.7 Å². The Hall–Kier alpha value is -1.35. The molecule has 3 heteroatoms. The quantitative estimate of drug-likeness (QED) is 0.744. The number of carbonyl (C=O) groups excluding carboxylic acids is 1. The minimum absolute atomic E-state index is 0.0441. The highest BCUT2D eigenvalue weighted by atomic mass is 16.5. The van der Waals surface area contributed by atoms with Crippen molar-refractivity contribution in [1.82, 2.24) is 5.32 Å². The Morgan fingerprint density at radius 3 is 2.80 bits per heavy atom. The zero-order chi connectivity index (χ0) is 10.7. The van der Waals surface area contributed by atoms with E-state index in [1.807, 2.05) is 30.3 Å². The fraction of sp³-hybridized carbons (Fsp3) is 0.417. The molecule has 3 nitrogen and oxygen atoms in total. The third kappa shape index (κ3) is 2.02. The second-order valence-electron chi connectivity index (χ2n) is 3.76. The molecule has 1 fully saturated rings. The molecular formula is C12H15NO2. The van der Waals surface area contributed by atoms with Crippen LogP contribution in [0.2, 0.25) is 0 Å². The lowest BCUT2D eigenvalue weighted by molar-refractivity contribution is -0.145. The maximum absolute atomic E-state index is 11.5. The molecule has 1 aliphatic heterocycles. The molecule has 1 aliphatic rings. The summed E-state index contributed by atoms with van der Waals surface area (Å²) in [6.07, 6.45) is 0.853. The first kappa shape index (κ1) is 10.2. The minimum Gasteiger partial charge on any atom is -0.469 e. The molecule has 80 valence electrons. The summed E-state index contributed by atoms with van der Waals surface area (Å²) in [5, 5.41) is 3.34. The van der Waals surface area contributed by atoms with E-state index in [4.69, 9.17) is 4.74 Å². The zero-order valence-corrected chi connectivity index (χ0v) is 8.77. The van der Waals surface area contributed by atoms with Crippen molar-refractivity contribution in [3.05, 3.63) is 35.9 Å². The Labute approximate surface area is 89.4 Å². The number of nitrogens with one attached hydrogen (secondary N) is 1. The standard InChI is InChI=1S/C12H15NO2/c1-15-12(14)10-7-8-13-11(10)9-5-3-2-4-6-9/h2-6,10-11,13H,7-8H2,1H3/t10-,11+/m0/s1. The lowest BCUT2D eigenvalue weighted by atomic mass is 9.94. The number of carbonyl (C=O) groups is 1. The number of hydrogen-bond donors (Lipinski definition) is 1. The van der Waals surface area contributed by atoms with Crippen molar-refractivity contribution < 1.29 is 9.53 Å².